The molecule has 0 aliphatic heterocycles. The molecule has 1 aromatic rings. The van der Waals surface area contributed by atoms with Crippen molar-refractivity contribution in [2.45, 2.75) is 84.5 Å². The molecule has 0 aromatic heterocycles. The van der Waals surface area contributed by atoms with Crippen LogP contribution in [0.1, 0.15) is 88.5 Å². The van der Waals surface area contributed by atoms with Gasteiger partial charge in [0.2, 0.25) is 0 Å². The first-order valence-corrected chi connectivity index (χ1v) is 9.63. The smallest absolute Gasteiger partial charge is 0.309 e. The summed E-state index contributed by atoms with van der Waals surface area (Å²) < 4.78 is 0. The largest absolute Gasteiger partial charge is 0.481 e. The molecule has 3 atom stereocenters. The molecular formula is C22H32O2. The second-order valence-corrected chi connectivity index (χ2v) is 8.80. The molecule has 1 aromatic carbocycles. The van der Waals surface area contributed by atoms with Crippen LogP contribution in [0.5, 0.6) is 0 Å². The van der Waals surface area contributed by atoms with Crippen molar-refractivity contribution >= 4 is 5.97 Å². The Kier molecular flexibility index (Phi) is 4.30. The highest BCUT2D eigenvalue weighted by molar-refractivity contribution is 5.75. The summed E-state index contributed by atoms with van der Waals surface area (Å²) in [6.45, 7) is 11.1. The third-order valence-electron chi connectivity index (χ3n) is 7.10. The van der Waals surface area contributed by atoms with E-state index in [4.69, 9.17) is 0 Å². The molecule has 0 heterocycles. The minimum absolute atomic E-state index is 0.0123. The van der Waals surface area contributed by atoms with Gasteiger partial charge < -0.3 is 5.11 Å². The summed E-state index contributed by atoms with van der Waals surface area (Å²) in [5.41, 5.74) is 5.30. The summed E-state index contributed by atoms with van der Waals surface area (Å²) >= 11 is 0. The lowest BCUT2D eigenvalue weighted by Gasteiger charge is -2.53. The average molecular weight is 328 g/mol. The van der Waals surface area contributed by atoms with Gasteiger partial charge in [0, 0.05) is 0 Å². The van der Waals surface area contributed by atoms with E-state index in [1.165, 1.54) is 22.3 Å². The van der Waals surface area contributed by atoms with Crippen molar-refractivity contribution in [3.8, 4) is 0 Å². The summed E-state index contributed by atoms with van der Waals surface area (Å²) in [6.07, 6.45) is 6.05. The highest BCUT2D eigenvalue weighted by Crippen LogP contribution is 2.57. The van der Waals surface area contributed by atoms with Crippen LogP contribution in [0.25, 0.3) is 0 Å². The molecule has 1 N–H and O–H groups in total. The number of hydrogen-bond donors (Lipinski definition) is 1. The molecule has 0 radical (unpaired) electrons. The molecule has 132 valence electrons. The van der Waals surface area contributed by atoms with Crippen molar-refractivity contribution in [3.05, 3.63) is 34.4 Å². The standard InChI is InChI=1S/C22H32O2/c1-6-15-13-18-16(12-17(15)14(2)3)8-9-19-21(18,4)10-7-11-22(19,5)20(23)24/h12-14,19H,6-11H2,1-5H3,(H,23,24). The summed E-state index contributed by atoms with van der Waals surface area (Å²) in [4.78, 5) is 12.1. The van der Waals surface area contributed by atoms with Crippen LogP contribution in [0.15, 0.2) is 12.1 Å². The maximum absolute atomic E-state index is 12.1. The second-order valence-electron chi connectivity index (χ2n) is 8.80. The van der Waals surface area contributed by atoms with Crippen molar-refractivity contribution in [1.82, 2.24) is 0 Å². The monoisotopic (exact) mass is 328 g/mol. The van der Waals surface area contributed by atoms with Crippen molar-refractivity contribution in [2.24, 2.45) is 11.3 Å². The van der Waals surface area contributed by atoms with Gasteiger partial charge in [0.05, 0.1) is 5.41 Å². The van der Waals surface area contributed by atoms with E-state index in [1.54, 1.807) is 0 Å². The Labute approximate surface area is 146 Å². The average Bonchev–Trinajstić information content (AvgIpc) is 2.53. The molecule has 2 aliphatic carbocycles. The van der Waals surface area contributed by atoms with Crippen LogP contribution in [-0.2, 0) is 23.1 Å². The molecule has 24 heavy (non-hydrogen) atoms. The van der Waals surface area contributed by atoms with Crippen molar-refractivity contribution in [3.63, 3.8) is 0 Å². The van der Waals surface area contributed by atoms with Gasteiger partial charge in [-0.15, -0.1) is 0 Å². The molecule has 0 spiro atoms. The fourth-order valence-corrected chi connectivity index (χ4v) is 5.68. The molecule has 0 bridgehead atoms. The number of aryl methyl sites for hydroxylation is 2. The lowest BCUT2D eigenvalue weighted by atomic mass is 9.49. The first kappa shape index (κ1) is 17.5. The van der Waals surface area contributed by atoms with E-state index in [0.29, 0.717) is 5.92 Å². The van der Waals surface area contributed by atoms with E-state index in [0.717, 1.165) is 38.5 Å². The third kappa shape index (κ3) is 2.41. The van der Waals surface area contributed by atoms with E-state index in [-0.39, 0.29) is 11.3 Å². The van der Waals surface area contributed by atoms with E-state index in [9.17, 15) is 9.90 Å². The predicted molar refractivity (Wildman–Crippen MR) is 98.7 cm³/mol. The SMILES string of the molecule is CCc1cc2c(cc1C(C)C)CCC1C(C)(C(=O)O)CCCC21C. The Morgan fingerprint density at radius 2 is 2.00 bits per heavy atom. The topological polar surface area (TPSA) is 37.3 Å². The Bertz CT molecular complexity index is 660. The maximum Gasteiger partial charge on any atom is 0.309 e. The lowest BCUT2D eigenvalue weighted by Crippen LogP contribution is -2.52. The Morgan fingerprint density at radius 1 is 1.29 bits per heavy atom. The van der Waals surface area contributed by atoms with Gasteiger partial charge in [-0.3, -0.25) is 4.79 Å². The lowest BCUT2D eigenvalue weighted by molar-refractivity contribution is -0.157. The van der Waals surface area contributed by atoms with Gasteiger partial charge in [-0.2, -0.15) is 0 Å². The number of carbonyl (C=O) groups is 1. The molecule has 1 saturated carbocycles. The molecule has 3 rings (SSSR count). The van der Waals surface area contributed by atoms with Gasteiger partial charge >= 0.3 is 5.97 Å². The summed E-state index contributed by atoms with van der Waals surface area (Å²) in [5, 5.41) is 9.92. The predicted octanol–water partition coefficient (Wildman–Crippen LogP) is 5.47. The number of rotatable bonds is 3. The Balaban J connectivity index is 2.15. The number of benzene rings is 1. The van der Waals surface area contributed by atoms with Crippen LogP contribution in [-0.4, -0.2) is 11.1 Å². The molecule has 2 heteroatoms. The molecule has 0 saturated heterocycles. The molecule has 3 unspecified atom stereocenters. The van der Waals surface area contributed by atoms with Gasteiger partial charge in [0.25, 0.3) is 0 Å². The van der Waals surface area contributed by atoms with Crippen LogP contribution < -0.4 is 0 Å². The van der Waals surface area contributed by atoms with E-state index in [1.807, 2.05) is 6.92 Å². The number of carboxylic acid groups (broad SMARTS) is 1. The molecular weight excluding hydrogens is 296 g/mol. The van der Waals surface area contributed by atoms with Gasteiger partial charge in [0.15, 0.2) is 0 Å². The van der Waals surface area contributed by atoms with Gasteiger partial charge in [-0.05, 0) is 78.5 Å². The Morgan fingerprint density at radius 3 is 2.58 bits per heavy atom. The second kappa shape index (κ2) is 5.89. The van der Waals surface area contributed by atoms with E-state index in [2.05, 4.69) is 39.8 Å². The third-order valence-corrected chi connectivity index (χ3v) is 7.10. The first-order valence-electron chi connectivity index (χ1n) is 9.63. The quantitative estimate of drug-likeness (QED) is 0.799. The molecule has 2 nitrogen and oxygen atoms in total. The first-order chi connectivity index (χ1) is 11.2. The van der Waals surface area contributed by atoms with Gasteiger partial charge in [-0.1, -0.05) is 46.2 Å². The minimum atomic E-state index is -0.601. The number of carboxylic acids is 1. The highest BCUT2D eigenvalue weighted by atomic mass is 16.4. The van der Waals surface area contributed by atoms with E-state index >= 15 is 0 Å². The number of hydrogen-bond acceptors (Lipinski definition) is 1. The summed E-state index contributed by atoms with van der Waals surface area (Å²) in [5.74, 6) is 0.196. The van der Waals surface area contributed by atoms with Crippen molar-refractivity contribution in [2.75, 3.05) is 0 Å². The van der Waals surface area contributed by atoms with Crippen molar-refractivity contribution in [1.29, 1.82) is 0 Å². The molecule has 2 aliphatic rings. The molecule has 1 fully saturated rings. The summed E-state index contributed by atoms with van der Waals surface area (Å²) in [7, 11) is 0. The van der Waals surface area contributed by atoms with Gasteiger partial charge in [0.1, 0.15) is 0 Å². The highest BCUT2D eigenvalue weighted by Gasteiger charge is 2.55. The van der Waals surface area contributed by atoms with E-state index < -0.39 is 11.4 Å². The van der Waals surface area contributed by atoms with Crippen LogP contribution in [0.2, 0.25) is 0 Å². The zero-order chi connectivity index (χ0) is 17.7. The van der Waals surface area contributed by atoms with Crippen LogP contribution >= 0.6 is 0 Å². The van der Waals surface area contributed by atoms with Gasteiger partial charge in [-0.25, -0.2) is 0 Å². The number of fused-ring (bicyclic) bond motifs is 3. The fourth-order valence-electron chi connectivity index (χ4n) is 5.68. The van der Waals surface area contributed by atoms with Crippen molar-refractivity contribution < 1.29 is 9.90 Å². The zero-order valence-corrected chi connectivity index (χ0v) is 15.9. The van der Waals surface area contributed by atoms with Crippen LogP contribution in [0.4, 0.5) is 0 Å². The Hall–Kier alpha value is -1.31. The van der Waals surface area contributed by atoms with Crippen LogP contribution in [0, 0.1) is 11.3 Å². The normalized spacial score (nSPS) is 32.3. The fraction of sp³-hybridized carbons (Fsp3) is 0.682. The maximum atomic E-state index is 12.1. The molecule has 0 amide bonds. The minimum Gasteiger partial charge on any atom is -0.481 e. The number of aliphatic carboxylic acids is 1. The zero-order valence-electron chi connectivity index (χ0n) is 15.9. The van der Waals surface area contributed by atoms with Crippen LogP contribution in [0.3, 0.4) is 0 Å². The summed E-state index contributed by atoms with van der Waals surface area (Å²) in [6, 6.07) is 4.87.